The van der Waals surface area contributed by atoms with E-state index in [2.05, 4.69) is 6.92 Å². The molecule has 1 heterocycles. The van der Waals surface area contributed by atoms with Crippen molar-refractivity contribution in [3.63, 3.8) is 0 Å². The number of halogens is 1. The van der Waals surface area contributed by atoms with Crippen molar-refractivity contribution in [2.45, 2.75) is 25.2 Å². The summed E-state index contributed by atoms with van der Waals surface area (Å²) in [5.41, 5.74) is 5.33. The highest BCUT2D eigenvalue weighted by molar-refractivity contribution is 7.89. The summed E-state index contributed by atoms with van der Waals surface area (Å²) in [6.45, 7) is 5.13. The van der Waals surface area contributed by atoms with Gasteiger partial charge >= 0.3 is 0 Å². The number of benzene rings is 1. The highest BCUT2D eigenvalue weighted by atomic mass is 32.2. The molecule has 0 spiro atoms. The van der Waals surface area contributed by atoms with Crippen molar-refractivity contribution >= 4 is 15.7 Å². The van der Waals surface area contributed by atoms with Gasteiger partial charge in [-0.05, 0) is 36.5 Å². The third-order valence-electron chi connectivity index (χ3n) is 3.91. The van der Waals surface area contributed by atoms with Crippen LogP contribution in [0.25, 0.3) is 0 Å². The normalized spacial score (nSPS) is 25.4. The molecule has 0 amide bonds. The monoisotopic (exact) mass is 286 g/mol. The molecule has 0 radical (unpaired) electrons. The number of sulfonamides is 1. The molecule has 2 atom stereocenters. The van der Waals surface area contributed by atoms with Crippen molar-refractivity contribution in [2.24, 2.45) is 11.8 Å². The zero-order valence-electron chi connectivity index (χ0n) is 11.1. The number of hydrogen-bond donors (Lipinski definition) is 1. The number of nitrogens with zero attached hydrogens (tertiary/aromatic N) is 1. The second-order valence-corrected chi connectivity index (χ2v) is 7.23. The molecule has 19 heavy (non-hydrogen) atoms. The van der Waals surface area contributed by atoms with Gasteiger partial charge in [0.15, 0.2) is 0 Å². The predicted octanol–water partition coefficient (Wildman–Crippen LogP) is 2.07. The van der Waals surface area contributed by atoms with E-state index in [1.54, 1.807) is 0 Å². The fourth-order valence-electron chi connectivity index (χ4n) is 2.26. The lowest BCUT2D eigenvalue weighted by atomic mass is 9.90. The summed E-state index contributed by atoms with van der Waals surface area (Å²) in [6, 6.07) is 3.64. The molecule has 0 saturated carbocycles. The highest BCUT2D eigenvalue weighted by Gasteiger charge is 2.31. The molecule has 2 unspecified atom stereocenters. The van der Waals surface area contributed by atoms with Crippen molar-refractivity contribution in [2.75, 3.05) is 18.8 Å². The van der Waals surface area contributed by atoms with Gasteiger partial charge in [0, 0.05) is 13.1 Å². The van der Waals surface area contributed by atoms with E-state index < -0.39 is 15.8 Å². The molecule has 1 fully saturated rings. The van der Waals surface area contributed by atoms with Gasteiger partial charge in [0.25, 0.3) is 0 Å². The van der Waals surface area contributed by atoms with Gasteiger partial charge in [-0.3, -0.25) is 0 Å². The Hall–Kier alpha value is -1.14. The van der Waals surface area contributed by atoms with Gasteiger partial charge in [-0.2, -0.15) is 4.31 Å². The largest absolute Gasteiger partial charge is 0.396 e. The first-order chi connectivity index (χ1) is 8.82. The number of piperidine rings is 1. The average molecular weight is 286 g/mol. The molecule has 1 aliphatic heterocycles. The molecule has 1 aromatic rings. The van der Waals surface area contributed by atoms with Crippen molar-refractivity contribution in [1.29, 1.82) is 0 Å². The Morgan fingerprint density at radius 3 is 2.58 bits per heavy atom. The Kier molecular flexibility index (Phi) is 3.82. The SMILES string of the molecule is CC1CCN(S(=O)(=O)c2ccc(N)c(F)c2)CC1C. The van der Waals surface area contributed by atoms with Gasteiger partial charge < -0.3 is 5.73 Å². The van der Waals surface area contributed by atoms with Gasteiger partial charge in [-0.25, -0.2) is 12.8 Å². The van der Waals surface area contributed by atoms with E-state index >= 15 is 0 Å². The maximum atomic E-state index is 13.4. The van der Waals surface area contributed by atoms with E-state index in [1.165, 1.54) is 16.4 Å². The summed E-state index contributed by atoms with van der Waals surface area (Å²) in [5, 5.41) is 0. The van der Waals surface area contributed by atoms with Crippen LogP contribution < -0.4 is 5.73 Å². The summed E-state index contributed by atoms with van der Waals surface area (Å²) >= 11 is 0. The van der Waals surface area contributed by atoms with Gasteiger partial charge in [-0.1, -0.05) is 13.8 Å². The van der Waals surface area contributed by atoms with Crippen LogP contribution in [0.3, 0.4) is 0 Å². The van der Waals surface area contributed by atoms with Crippen LogP contribution in [0.1, 0.15) is 20.3 Å². The average Bonchev–Trinajstić information content (AvgIpc) is 2.35. The first kappa shape index (κ1) is 14.3. The fourth-order valence-corrected chi connectivity index (χ4v) is 3.83. The van der Waals surface area contributed by atoms with Crippen molar-refractivity contribution in [3.8, 4) is 0 Å². The van der Waals surface area contributed by atoms with Gasteiger partial charge in [0.05, 0.1) is 10.6 Å². The molecule has 6 heteroatoms. The van der Waals surface area contributed by atoms with Crippen LogP contribution in [0.4, 0.5) is 10.1 Å². The molecule has 106 valence electrons. The molecule has 1 aromatic carbocycles. The Labute approximate surface area is 113 Å². The van der Waals surface area contributed by atoms with E-state index in [-0.39, 0.29) is 10.6 Å². The lowest BCUT2D eigenvalue weighted by Crippen LogP contribution is -2.42. The standard InChI is InChI=1S/C13H19FN2O2S/c1-9-5-6-16(8-10(9)2)19(17,18)11-3-4-13(15)12(14)7-11/h3-4,7,9-10H,5-6,8,15H2,1-2H3. The number of rotatable bonds is 2. The van der Waals surface area contributed by atoms with Crippen molar-refractivity contribution in [1.82, 2.24) is 4.31 Å². The molecule has 2 N–H and O–H groups in total. The number of nitrogens with two attached hydrogens (primary N) is 1. The highest BCUT2D eigenvalue weighted by Crippen LogP contribution is 2.28. The molecule has 2 rings (SSSR count). The summed E-state index contributed by atoms with van der Waals surface area (Å²) in [5.74, 6) is 0.122. The zero-order valence-corrected chi connectivity index (χ0v) is 12.0. The van der Waals surface area contributed by atoms with Crippen LogP contribution in [-0.2, 0) is 10.0 Å². The number of hydrogen-bond acceptors (Lipinski definition) is 3. The fraction of sp³-hybridized carbons (Fsp3) is 0.538. The van der Waals surface area contributed by atoms with Crippen molar-refractivity contribution < 1.29 is 12.8 Å². The van der Waals surface area contributed by atoms with Gasteiger partial charge in [-0.15, -0.1) is 0 Å². The summed E-state index contributed by atoms with van der Waals surface area (Å²) in [4.78, 5) is -0.0269. The third-order valence-corrected chi connectivity index (χ3v) is 5.77. The topological polar surface area (TPSA) is 63.4 Å². The Balaban J connectivity index is 2.29. The minimum Gasteiger partial charge on any atom is -0.396 e. The summed E-state index contributed by atoms with van der Waals surface area (Å²) in [6.07, 6.45) is 0.831. The Morgan fingerprint density at radius 1 is 1.32 bits per heavy atom. The summed E-state index contributed by atoms with van der Waals surface area (Å²) < 4.78 is 39.7. The molecular formula is C13H19FN2O2S. The van der Waals surface area contributed by atoms with Crippen LogP contribution in [0.15, 0.2) is 23.1 Å². The van der Waals surface area contributed by atoms with Gasteiger partial charge in [0.2, 0.25) is 10.0 Å². The Bertz CT molecular complexity index is 574. The van der Waals surface area contributed by atoms with Crippen molar-refractivity contribution in [3.05, 3.63) is 24.0 Å². The van der Waals surface area contributed by atoms with Crippen LogP contribution in [-0.4, -0.2) is 25.8 Å². The molecule has 0 aliphatic carbocycles. The smallest absolute Gasteiger partial charge is 0.243 e. The van der Waals surface area contributed by atoms with Gasteiger partial charge in [0.1, 0.15) is 5.82 Å². The number of anilines is 1. The molecule has 0 bridgehead atoms. The molecular weight excluding hydrogens is 267 g/mol. The van der Waals surface area contributed by atoms with Crippen LogP contribution in [0.2, 0.25) is 0 Å². The molecule has 1 aliphatic rings. The van der Waals surface area contributed by atoms with Crippen LogP contribution in [0, 0.1) is 17.7 Å². The quantitative estimate of drug-likeness (QED) is 0.847. The van der Waals surface area contributed by atoms with E-state index in [4.69, 9.17) is 5.73 Å². The predicted molar refractivity (Wildman–Crippen MR) is 72.5 cm³/mol. The van der Waals surface area contributed by atoms with Crippen LogP contribution in [0.5, 0.6) is 0 Å². The minimum atomic E-state index is -3.62. The van der Waals surface area contributed by atoms with Crippen LogP contribution >= 0.6 is 0 Å². The summed E-state index contributed by atoms with van der Waals surface area (Å²) in [7, 11) is -3.62. The molecule has 0 aromatic heterocycles. The second kappa shape index (κ2) is 5.09. The van der Waals surface area contributed by atoms with E-state index in [0.29, 0.717) is 24.9 Å². The van der Waals surface area contributed by atoms with E-state index in [9.17, 15) is 12.8 Å². The minimum absolute atomic E-state index is 0.0269. The lowest BCUT2D eigenvalue weighted by Gasteiger charge is -2.34. The molecule has 1 saturated heterocycles. The molecule has 4 nitrogen and oxygen atoms in total. The first-order valence-corrected chi connectivity index (χ1v) is 7.81. The van der Waals surface area contributed by atoms with E-state index in [0.717, 1.165) is 12.5 Å². The lowest BCUT2D eigenvalue weighted by molar-refractivity contribution is 0.212. The first-order valence-electron chi connectivity index (χ1n) is 6.37. The maximum Gasteiger partial charge on any atom is 0.243 e. The third kappa shape index (κ3) is 2.74. The maximum absolute atomic E-state index is 13.4. The van der Waals surface area contributed by atoms with E-state index in [1.807, 2.05) is 6.92 Å². The Morgan fingerprint density at radius 2 is 2.00 bits per heavy atom. The zero-order chi connectivity index (χ0) is 14.2. The second-order valence-electron chi connectivity index (χ2n) is 5.29. The number of nitrogen functional groups attached to an aromatic ring is 1.